The normalized spacial score (nSPS) is 11.4. The van der Waals surface area contributed by atoms with Gasteiger partial charge in [-0.2, -0.15) is 5.26 Å². The number of para-hydroxylation sites is 1. The molecule has 3 nitrogen and oxygen atoms in total. The van der Waals surface area contributed by atoms with Crippen LogP contribution < -0.4 is 5.32 Å². The van der Waals surface area contributed by atoms with E-state index in [2.05, 4.69) is 5.32 Å². The van der Waals surface area contributed by atoms with E-state index in [-0.39, 0.29) is 5.78 Å². The second kappa shape index (κ2) is 6.12. The molecule has 0 heterocycles. The van der Waals surface area contributed by atoms with Crippen molar-refractivity contribution in [1.82, 2.24) is 0 Å². The predicted octanol–water partition coefficient (Wildman–Crippen LogP) is 3.44. The Morgan fingerprint density at radius 2 is 2.00 bits per heavy atom. The Bertz CT molecular complexity index is 500. The van der Waals surface area contributed by atoms with E-state index in [0.29, 0.717) is 10.6 Å². The lowest BCUT2D eigenvalue weighted by Crippen LogP contribution is -2.04. The largest absolute Gasteiger partial charge is 0.358 e. The molecule has 0 aliphatic rings. The van der Waals surface area contributed by atoms with E-state index in [1.54, 1.807) is 6.92 Å². The molecule has 0 radical (unpaired) electrons. The highest BCUT2D eigenvalue weighted by Gasteiger charge is 2.09. The van der Waals surface area contributed by atoms with Crippen LogP contribution in [0.4, 0.5) is 5.69 Å². The van der Waals surface area contributed by atoms with Gasteiger partial charge in [-0.15, -0.1) is 0 Å². The molecule has 0 unspecified atom stereocenters. The first-order valence-electron chi connectivity index (χ1n) is 5.16. The van der Waals surface area contributed by atoms with Gasteiger partial charge in [0.05, 0.1) is 4.91 Å². The minimum Gasteiger partial charge on any atom is -0.358 e. The van der Waals surface area contributed by atoms with Crippen LogP contribution in [0.5, 0.6) is 0 Å². The highest BCUT2D eigenvalue weighted by molar-refractivity contribution is 8.08. The third-order valence-electron chi connectivity index (χ3n) is 2.28. The first-order valence-corrected chi connectivity index (χ1v) is 5.98. The number of rotatable bonds is 4. The van der Waals surface area contributed by atoms with Crippen molar-refractivity contribution in [3.05, 3.63) is 40.4 Å². The Hall–Kier alpha value is -1.73. The van der Waals surface area contributed by atoms with Crippen LogP contribution >= 0.6 is 11.8 Å². The van der Waals surface area contributed by atoms with Crippen LogP contribution in [0.25, 0.3) is 0 Å². The second-order valence-electron chi connectivity index (χ2n) is 3.64. The zero-order chi connectivity index (χ0) is 12.8. The fourth-order valence-corrected chi connectivity index (χ4v) is 1.87. The van der Waals surface area contributed by atoms with Gasteiger partial charge in [0.2, 0.25) is 0 Å². The highest BCUT2D eigenvalue weighted by atomic mass is 32.2. The molecular formula is C13H14N2OS. The summed E-state index contributed by atoms with van der Waals surface area (Å²) in [6.07, 6.45) is 0. The van der Waals surface area contributed by atoms with Crippen molar-refractivity contribution in [1.29, 1.82) is 5.26 Å². The summed E-state index contributed by atoms with van der Waals surface area (Å²) >= 11 is 0.891. The molecule has 0 aromatic heterocycles. The number of thiocyanates is 1. The molecule has 1 aromatic carbocycles. The van der Waals surface area contributed by atoms with Gasteiger partial charge < -0.3 is 5.32 Å². The number of benzene rings is 1. The fraction of sp³-hybridized carbons (Fsp3) is 0.231. The second-order valence-corrected chi connectivity index (χ2v) is 4.44. The molecule has 0 saturated heterocycles. The van der Waals surface area contributed by atoms with E-state index in [1.807, 2.05) is 36.6 Å². The van der Waals surface area contributed by atoms with E-state index in [4.69, 9.17) is 5.26 Å². The molecule has 0 bridgehead atoms. The molecule has 0 fully saturated rings. The van der Waals surface area contributed by atoms with Crippen LogP contribution in [0.15, 0.2) is 34.9 Å². The number of anilines is 1. The summed E-state index contributed by atoms with van der Waals surface area (Å²) < 4.78 is 0. The average molecular weight is 246 g/mol. The monoisotopic (exact) mass is 246 g/mol. The van der Waals surface area contributed by atoms with E-state index in [1.165, 1.54) is 6.92 Å². The van der Waals surface area contributed by atoms with Crippen LogP contribution in [-0.4, -0.2) is 5.78 Å². The zero-order valence-corrected chi connectivity index (χ0v) is 10.9. The summed E-state index contributed by atoms with van der Waals surface area (Å²) in [5.41, 5.74) is 2.75. The van der Waals surface area contributed by atoms with Crippen LogP contribution in [0, 0.1) is 17.6 Å². The maximum atomic E-state index is 11.4. The molecule has 1 N–H and O–H groups in total. The number of nitriles is 1. The molecule has 0 aliphatic heterocycles. The number of carbonyl (C=O) groups excluding carboxylic acids is 1. The van der Waals surface area contributed by atoms with Crippen LogP contribution in [0.3, 0.4) is 0 Å². The quantitative estimate of drug-likeness (QED) is 0.653. The number of hydrogen-bond acceptors (Lipinski definition) is 4. The van der Waals surface area contributed by atoms with Crippen molar-refractivity contribution in [2.24, 2.45) is 0 Å². The maximum absolute atomic E-state index is 11.4. The number of nitrogens with zero attached hydrogens (tertiary/aromatic N) is 1. The number of carbonyl (C=O) groups is 1. The number of aryl methyl sites for hydroxylation is 1. The molecule has 17 heavy (non-hydrogen) atoms. The van der Waals surface area contributed by atoms with Gasteiger partial charge in [0.1, 0.15) is 5.40 Å². The molecular weight excluding hydrogens is 232 g/mol. The number of hydrogen-bond donors (Lipinski definition) is 1. The Kier molecular flexibility index (Phi) is 4.80. The summed E-state index contributed by atoms with van der Waals surface area (Å²) in [5, 5.41) is 13.7. The number of nitrogens with one attached hydrogen (secondary N) is 1. The minimum absolute atomic E-state index is 0.102. The average Bonchev–Trinajstić information content (AvgIpc) is 2.28. The molecule has 1 rings (SSSR count). The molecule has 0 saturated carbocycles. The number of thioether (sulfide) groups is 1. The smallest absolute Gasteiger partial charge is 0.168 e. The third-order valence-corrected chi connectivity index (χ3v) is 3.16. The number of ketones is 1. The van der Waals surface area contributed by atoms with Crippen molar-refractivity contribution in [3.8, 4) is 5.40 Å². The lowest BCUT2D eigenvalue weighted by molar-refractivity contribution is -0.113. The predicted molar refractivity (Wildman–Crippen MR) is 71.4 cm³/mol. The van der Waals surface area contributed by atoms with Gasteiger partial charge in [0, 0.05) is 11.4 Å². The van der Waals surface area contributed by atoms with Gasteiger partial charge in [-0.1, -0.05) is 18.2 Å². The molecule has 1 aromatic rings. The van der Waals surface area contributed by atoms with E-state index in [0.717, 1.165) is 23.0 Å². The van der Waals surface area contributed by atoms with Crippen molar-refractivity contribution in [2.75, 3.05) is 5.32 Å². The van der Waals surface area contributed by atoms with Crippen LogP contribution in [0.1, 0.15) is 19.4 Å². The van der Waals surface area contributed by atoms with Crippen molar-refractivity contribution in [2.45, 2.75) is 20.8 Å². The number of allylic oxidation sites excluding steroid dienone is 2. The lowest BCUT2D eigenvalue weighted by atomic mass is 10.2. The molecule has 88 valence electrons. The van der Waals surface area contributed by atoms with Crippen LogP contribution in [-0.2, 0) is 4.79 Å². The third kappa shape index (κ3) is 3.65. The first-order chi connectivity index (χ1) is 8.06. The first kappa shape index (κ1) is 13.3. The maximum Gasteiger partial charge on any atom is 0.168 e. The van der Waals surface area contributed by atoms with Gasteiger partial charge in [0.15, 0.2) is 5.78 Å². The SMILES string of the molecule is CC(=O)/C(SC#N)=C(/C)Nc1ccccc1C. The molecule has 4 heteroatoms. The minimum atomic E-state index is -0.102. The standard InChI is InChI=1S/C13H14N2OS/c1-9-6-4-5-7-12(9)15-10(2)13(11(3)16)17-8-14/h4-7,15H,1-3H3/b13-10+. The summed E-state index contributed by atoms with van der Waals surface area (Å²) in [7, 11) is 0. The van der Waals surface area contributed by atoms with Crippen LogP contribution in [0.2, 0.25) is 0 Å². The Balaban J connectivity index is 3.01. The van der Waals surface area contributed by atoms with Crippen molar-refractivity contribution >= 4 is 23.2 Å². The van der Waals surface area contributed by atoms with Gasteiger partial charge in [0.25, 0.3) is 0 Å². The van der Waals surface area contributed by atoms with Crippen molar-refractivity contribution in [3.63, 3.8) is 0 Å². The van der Waals surface area contributed by atoms with E-state index >= 15 is 0 Å². The summed E-state index contributed by atoms with van der Waals surface area (Å²) in [4.78, 5) is 11.8. The van der Waals surface area contributed by atoms with Gasteiger partial charge in [-0.05, 0) is 44.2 Å². The summed E-state index contributed by atoms with van der Waals surface area (Å²) in [6, 6.07) is 7.80. The lowest BCUT2D eigenvalue weighted by Gasteiger charge is -2.11. The fourth-order valence-electron chi connectivity index (χ4n) is 1.43. The Labute approximate surface area is 106 Å². The van der Waals surface area contributed by atoms with E-state index < -0.39 is 0 Å². The topological polar surface area (TPSA) is 52.9 Å². The molecule has 0 aliphatic carbocycles. The van der Waals surface area contributed by atoms with Gasteiger partial charge in [-0.3, -0.25) is 4.79 Å². The molecule has 0 atom stereocenters. The van der Waals surface area contributed by atoms with Gasteiger partial charge >= 0.3 is 0 Å². The Morgan fingerprint density at radius 3 is 2.53 bits per heavy atom. The summed E-state index contributed by atoms with van der Waals surface area (Å²) in [6.45, 7) is 5.25. The summed E-state index contributed by atoms with van der Waals surface area (Å²) in [5.74, 6) is -0.102. The Morgan fingerprint density at radius 1 is 1.35 bits per heavy atom. The van der Waals surface area contributed by atoms with E-state index in [9.17, 15) is 4.79 Å². The number of Topliss-reactive ketones (excluding diaryl/α,β-unsaturated/α-hetero) is 1. The van der Waals surface area contributed by atoms with Crippen molar-refractivity contribution < 1.29 is 4.79 Å². The molecule has 0 spiro atoms. The highest BCUT2D eigenvalue weighted by Crippen LogP contribution is 2.22. The van der Waals surface area contributed by atoms with Gasteiger partial charge in [-0.25, -0.2) is 0 Å². The molecule has 0 amide bonds. The zero-order valence-electron chi connectivity index (χ0n) is 10.1.